The van der Waals surface area contributed by atoms with Crippen LogP contribution in [-0.4, -0.2) is 11.8 Å². The van der Waals surface area contributed by atoms with Gasteiger partial charge >= 0.3 is 0 Å². The lowest BCUT2D eigenvalue weighted by Crippen LogP contribution is -2.39. The van der Waals surface area contributed by atoms with Crippen molar-refractivity contribution in [3.05, 3.63) is 64.7 Å². The summed E-state index contributed by atoms with van der Waals surface area (Å²) in [4.78, 5) is 25.0. The molecule has 1 aliphatic carbocycles. The predicted octanol–water partition coefficient (Wildman–Crippen LogP) is 3.68. The molecular formula is C19H19ClN2O2. The van der Waals surface area contributed by atoms with Gasteiger partial charge in [0.2, 0.25) is 11.8 Å². The van der Waals surface area contributed by atoms with E-state index >= 15 is 0 Å². The van der Waals surface area contributed by atoms with Crippen molar-refractivity contribution in [3.8, 4) is 0 Å². The summed E-state index contributed by atoms with van der Waals surface area (Å²) in [6, 6.07) is 14.8. The fraction of sp³-hybridized carbons (Fsp3) is 0.263. The summed E-state index contributed by atoms with van der Waals surface area (Å²) in [7, 11) is 0. The molecule has 0 bridgehead atoms. The van der Waals surface area contributed by atoms with Crippen molar-refractivity contribution >= 4 is 29.1 Å². The second kappa shape index (κ2) is 6.65. The highest BCUT2D eigenvalue weighted by Gasteiger charge is 2.56. The largest absolute Gasteiger partial charge is 0.351 e. The molecule has 4 nitrogen and oxygen atoms in total. The highest BCUT2D eigenvalue weighted by atomic mass is 35.5. The lowest BCUT2D eigenvalue weighted by atomic mass is 10.0. The standard InChI is InChI=1S/C19H19ClN2O2/c1-13-3-2-4-16(11-13)22-18(24)19(9-10-19)17(23)21-12-14-5-7-15(20)8-6-14/h2-8,11H,9-10,12H2,1H3,(H,21,23)(H,22,24). The predicted molar refractivity (Wildman–Crippen MR) is 94.8 cm³/mol. The van der Waals surface area contributed by atoms with Gasteiger partial charge in [-0.1, -0.05) is 35.9 Å². The maximum Gasteiger partial charge on any atom is 0.240 e. The number of aryl methyl sites for hydroxylation is 1. The first-order chi connectivity index (χ1) is 11.5. The van der Waals surface area contributed by atoms with Gasteiger partial charge in [0.1, 0.15) is 5.41 Å². The molecule has 0 heterocycles. The molecule has 1 saturated carbocycles. The van der Waals surface area contributed by atoms with Crippen LogP contribution in [0.25, 0.3) is 0 Å². The molecule has 1 aliphatic rings. The number of rotatable bonds is 5. The van der Waals surface area contributed by atoms with E-state index in [1.807, 2.05) is 43.3 Å². The van der Waals surface area contributed by atoms with E-state index in [0.717, 1.165) is 16.8 Å². The summed E-state index contributed by atoms with van der Waals surface area (Å²) < 4.78 is 0. The summed E-state index contributed by atoms with van der Waals surface area (Å²) in [5.41, 5.74) is 1.79. The molecule has 3 rings (SSSR count). The number of anilines is 1. The highest BCUT2D eigenvalue weighted by Crippen LogP contribution is 2.46. The maximum atomic E-state index is 12.5. The van der Waals surface area contributed by atoms with E-state index < -0.39 is 5.41 Å². The van der Waals surface area contributed by atoms with Gasteiger partial charge in [-0.15, -0.1) is 0 Å². The summed E-state index contributed by atoms with van der Waals surface area (Å²) in [6.07, 6.45) is 1.16. The van der Waals surface area contributed by atoms with E-state index in [9.17, 15) is 9.59 Å². The van der Waals surface area contributed by atoms with Crippen molar-refractivity contribution in [3.63, 3.8) is 0 Å². The Morgan fingerprint density at radius 2 is 1.79 bits per heavy atom. The number of benzene rings is 2. The zero-order chi connectivity index (χ0) is 17.2. The number of hydrogen-bond donors (Lipinski definition) is 2. The Labute approximate surface area is 146 Å². The molecule has 0 spiro atoms. The second-order valence-corrected chi connectivity index (χ2v) is 6.65. The smallest absolute Gasteiger partial charge is 0.240 e. The number of halogens is 1. The van der Waals surface area contributed by atoms with Gasteiger partial charge in [-0.2, -0.15) is 0 Å². The fourth-order valence-electron chi connectivity index (χ4n) is 2.61. The minimum Gasteiger partial charge on any atom is -0.351 e. The average Bonchev–Trinajstić information content (AvgIpc) is 3.36. The third-order valence-corrected chi connectivity index (χ3v) is 4.51. The Morgan fingerprint density at radius 3 is 2.42 bits per heavy atom. The molecule has 0 radical (unpaired) electrons. The molecule has 0 aromatic heterocycles. The van der Waals surface area contributed by atoms with Crippen molar-refractivity contribution in [1.29, 1.82) is 0 Å². The van der Waals surface area contributed by atoms with Gasteiger partial charge in [-0.05, 0) is 55.2 Å². The molecule has 0 unspecified atom stereocenters. The van der Waals surface area contributed by atoms with Crippen molar-refractivity contribution < 1.29 is 9.59 Å². The Morgan fingerprint density at radius 1 is 1.08 bits per heavy atom. The van der Waals surface area contributed by atoms with Crippen molar-refractivity contribution in [2.75, 3.05) is 5.32 Å². The van der Waals surface area contributed by atoms with E-state index in [0.29, 0.717) is 24.4 Å². The van der Waals surface area contributed by atoms with Crippen molar-refractivity contribution in [2.24, 2.45) is 5.41 Å². The summed E-state index contributed by atoms with van der Waals surface area (Å²) in [5.74, 6) is -0.454. The summed E-state index contributed by atoms with van der Waals surface area (Å²) in [6.45, 7) is 2.34. The first-order valence-corrected chi connectivity index (χ1v) is 8.28. The minimum absolute atomic E-state index is 0.220. The van der Waals surface area contributed by atoms with Crippen LogP contribution in [0.15, 0.2) is 48.5 Å². The molecule has 1 fully saturated rings. The van der Waals surface area contributed by atoms with Gasteiger partial charge in [0.15, 0.2) is 0 Å². The molecule has 0 aliphatic heterocycles. The zero-order valence-electron chi connectivity index (χ0n) is 13.4. The zero-order valence-corrected chi connectivity index (χ0v) is 14.2. The molecular weight excluding hydrogens is 324 g/mol. The average molecular weight is 343 g/mol. The first-order valence-electron chi connectivity index (χ1n) is 7.90. The Kier molecular flexibility index (Phi) is 4.58. The van der Waals surface area contributed by atoms with E-state index in [1.54, 1.807) is 12.1 Å². The van der Waals surface area contributed by atoms with Crippen LogP contribution in [-0.2, 0) is 16.1 Å². The van der Waals surface area contributed by atoms with Crippen LogP contribution in [0, 0.1) is 12.3 Å². The third-order valence-electron chi connectivity index (χ3n) is 4.26. The second-order valence-electron chi connectivity index (χ2n) is 6.21. The van der Waals surface area contributed by atoms with E-state index in [2.05, 4.69) is 10.6 Å². The molecule has 2 aromatic rings. The molecule has 124 valence electrons. The van der Waals surface area contributed by atoms with Crippen LogP contribution in [0.5, 0.6) is 0 Å². The number of carbonyl (C=O) groups is 2. The summed E-state index contributed by atoms with van der Waals surface area (Å²) >= 11 is 5.85. The van der Waals surface area contributed by atoms with Crippen molar-refractivity contribution in [2.45, 2.75) is 26.3 Å². The van der Waals surface area contributed by atoms with E-state index in [-0.39, 0.29) is 11.8 Å². The Balaban J connectivity index is 1.61. The van der Waals surface area contributed by atoms with Gasteiger partial charge in [0.05, 0.1) is 0 Å². The Bertz CT molecular complexity index is 767. The molecule has 2 N–H and O–H groups in total. The number of hydrogen-bond acceptors (Lipinski definition) is 2. The summed E-state index contributed by atoms with van der Waals surface area (Å²) in [5, 5.41) is 6.37. The van der Waals surface area contributed by atoms with Gasteiger partial charge < -0.3 is 10.6 Å². The maximum absolute atomic E-state index is 12.5. The lowest BCUT2D eigenvalue weighted by Gasteiger charge is -2.16. The third kappa shape index (κ3) is 3.60. The molecule has 0 atom stereocenters. The van der Waals surface area contributed by atoms with E-state index in [1.165, 1.54) is 0 Å². The normalized spacial score (nSPS) is 14.8. The molecule has 24 heavy (non-hydrogen) atoms. The van der Waals surface area contributed by atoms with Crippen LogP contribution in [0.2, 0.25) is 5.02 Å². The number of nitrogens with one attached hydrogen (secondary N) is 2. The molecule has 5 heteroatoms. The van der Waals surface area contributed by atoms with Gasteiger partial charge in [-0.3, -0.25) is 9.59 Å². The SMILES string of the molecule is Cc1cccc(NC(=O)C2(C(=O)NCc3ccc(Cl)cc3)CC2)c1. The minimum atomic E-state index is -0.934. The fourth-order valence-corrected chi connectivity index (χ4v) is 2.74. The molecule has 2 amide bonds. The van der Waals surface area contributed by atoms with E-state index in [4.69, 9.17) is 11.6 Å². The van der Waals surface area contributed by atoms with Gasteiger partial charge in [0, 0.05) is 17.3 Å². The molecule has 2 aromatic carbocycles. The highest BCUT2D eigenvalue weighted by molar-refractivity contribution is 6.30. The number of amides is 2. The van der Waals surface area contributed by atoms with Crippen LogP contribution < -0.4 is 10.6 Å². The van der Waals surface area contributed by atoms with Crippen LogP contribution in [0.3, 0.4) is 0 Å². The monoisotopic (exact) mass is 342 g/mol. The number of carbonyl (C=O) groups excluding carboxylic acids is 2. The lowest BCUT2D eigenvalue weighted by molar-refractivity contribution is -0.134. The topological polar surface area (TPSA) is 58.2 Å². The van der Waals surface area contributed by atoms with Gasteiger partial charge in [0.25, 0.3) is 0 Å². The Hall–Kier alpha value is -2.33. The quantitative estimate of drug-likeness (QED) is 0.814. The van der Waals surface area contributed by atoms with Crippen molar-refractivity contribution in [1.82, 2.24) is 5.32 Å². The van der Waals surface area contributed by atoms with Crippen LogP contribution >= 0.6 is 11.6 Å². The van der Waals surface area contributed by atoms with Gasteiger partial charge in [-0.25, -0.2) is 0 Å². The molecule has 0 saturated heterocycles. The van der Waals surface area contributed by atoms with Crippen LogP contribution in [0.1, 0.15) is 24.0 Å². The van der Waals surface area contributed by atoms with Crippen LogP contribution in [0.4, 0.5) is 5.69 Å². The first kappa shape index (κ1) is 16.5.